The minimum absolute atomic E-state index is 0.0380. The largest absolute Gasteiger partial charge is 0.507 e. The second-order valence-corrected chi connectivity index (χ2v) is 9.93. The number of hydrogen-bond donors (Lipinski definition) is 1. The summed E-state index contributed by atoms with van der Waals surface area (Å²) in [6.45, 7) is 11.1. The molecule has 0 aromatic heterocycles. The van der Waals surface area contributed by atoms with Crippen molar-refractivity contribution in [2.24, 2.45) is 0 Å². The van der Waals surface area contributed by atoms with Crippen molar-refractivity contribution in [2.75, 3.05) is 18.1 Å². The molecule has 1 unspecified atom stereocenters. The third-order valence-electron chi connectivity index (χ3n) is 6.38. The predicted octanol–water partition coefficient (Wildman–Crippen LogP) is 6.41. The average molecular weight is 500 g/mol. The lowest BCUT2D eigenvalue weighted by atomic mass is 9.85. The fourth-order valence-electron chi connectivity index (χ4n) is 4.50. The maximum absolute atomic E-state index is 13.4. The Balaban J connectivity index is 1.88. The second kappa shape index (κ2) is 10.5. The van der Waals surface area contributed by atoms with Crippen molar-refractivity contribution in [2.45, 2.75) is 46.1 Å². The second-order valence-electron chi connectivity index (χ2n) is 9.93. The fourth-order valence-corrected chi connectivity index (χ4v) is 4.50. The summed E-state index contributed by atoms with van der Waals surface area (Å²) in [5.41, 5.74) is 2.78. The number of aliphatic hydroxyl groups is 1. The van der Waals surface area contributed by atoms with E-state index in [1.165, 1.54) is 4.90 Å². The molecule has 1 fully saturated rings. The number of Topliss-reactive ketones (excluding diaryl/α,β-unsaturated/α-hetero) is 1. The molecular formula is C31H33NO5. The van der Waals surface area contributed by atoms with E-state index < -0.39 is 17.7 Å². The van der Waals surface area contributed by atoms with Gasteiger partial charge in [0.05, 0.1) is 24.8 Å². The summed E-state index contributed by atoms with van der Waals surface area (Å²) in [5, 5.41) is 11.4. The molecule has 0 bridgehead atoms. The van der Waals surface area contributed by atoms with Gasteiger partial charge in [-0.1, -0.05) is 57.2 Å². The van der Waals surface area contributed by atoms with Crippen LogP contribution in [0.25, 0.3) is 5.76 Å². The van der Waals surface area contributed by atoms with Gasteiger partial charge in [0.15, 0.2) is 0 Å². The molecule has 1 atom stereocenters. The first kappa shape index (κ1) is 26.0. The number of carbonyl (C=O) groups is 2. The SMILES string of the molecule is CCOc1ccc(N2C(=O)C(=O)/C(=C(\O)c3cccc(OCC)c3)C2c2ccc(C(C)(C)C)cc2)cc1. The van der Waals surface area contributed by atoms with Gasteiger partial charge in [0.2, 0.25) is 0 Å². The molecule has 1 heterocycles. The fraction of sp³-hybridized carbons (Fsp3) is 0.290. The number of hydrogen-bond acceptors (Lipinski definition) is 5. The maximum atomic E-state index is 13.4. The van der Waals surface area contributed by atoms with Crippen molar-refractivity contribution < 1.29 is 24.2 Å². The van der Waals surface area contributed by atoms with E-state index in [0.717, 1.165) is 11.1 Å². The van der Waals surface area contributed by atoms with Crippen LogP contribution in [0.1, 0.15) is 57.4 Å². The van der Waals surface area contributed by atoms with Crippen molar-refractivity contribution >= 4 is 23.1 Å². The zero-order chi connectivity index (χ0) is 26.7. The first-order valence-corrected chi connectivity index (χ1v) is 12.5. The molecule has 6 nitrogen and oxygen atoms in total. The van der Waals surface area contributed by atoms with Crippen LogP contribution in [0.4, 0.5) is 5.69 Å². The summed E-state index contributed by atoms with van der Waals surface area (Å²) in [4.78, 5) is 28.3. The number of ether oxygens (including phenoxy) is 2. The number of amides is 1. The Kier molecular flexibility index (Phi) is 7.39. The van der Waals surface area contributed by atoms with Gasteiger partial charge in [0, 0.05) is 11.3 Å². The molecule has 1 N–H and O–H groups in total. The zero-order valence-corrected chi connectivity index (χ0v) is 21.9. The van der Waals surface area contributed by atoms with Gasteiger partial charge in [0.25, 0.3) is 11.7 Å². The van der Waals surface area contributed by atoms with E-state index in [0.29, 0.717) is 36.0 Å². The van der Waals surface area contributed by atoms with E-state index in [-0.39, 0.29) is 16.7 Å². The third-order valence-corrected chi connectivity index (χ3v) is 6.38. The zero-order valence-electron chi connectivity index (χ0n) is 21.9. The quantitative estimate of drug-likeness (QED) is 0.231. The Morgan fingerprint density at radius 1 is 0.865 bits per heavy atom. The van der Waals surface area contributed by atoms with Crippen LogP contribution in [-0.2, 0) is 15.0 Å². The summed E-state index contributed by atoms with van der Waals surface area (Å²) in [5.74, 6) is -0.437. The number of aliphatic hydroxyl groups excluding tert-OH is 1. The topological polar surface area (TPSA) is 76.1 Å². The molecule has 4 rings (SSSR count). The number of anilines is 1. The number of benzene rings is 3. The molecule has 3 aromatic carbocycles. The molecule has 0 spiro atoms. The van der Waals surface area contributed by atoms with Crippen LogP contribution >= 0.6 is 0 Å². The molecule has 37 heavy (non-hydrogen) atoms. The first-order valence-electron chi connectivity index (χ1n) is 12.5. The molecule has 1 aliphatic rings. The molecule has 3 aromatic rings. The maximum Gasteiger partial charge on any atom is 0.300 e. The van der Waals surface area contributed by atoms with Crippen LogP contribution in [0.5, 0.6) is 11.5 Å². The van der Waals surface area contributed by atoms with Gasteiger partial charge in [-0.25, -0.2) is 0 Å². The highest BCUT2D eigenvalue weighted by Crippen LogP contribution is 2.43. The van der Waals surface area contributed by atoms with Gasteiger partial charge in [-0.15, -0.1) is 0 Å². The highest BCUT2D eigenvalue weighted by molar-refractivity contribution is 6.51. The monoisotopic (exact) mass is 499 g/mol. The first-order chi connectivity index (χ1) is 17.7. The molecule has 6 heteroatoms. The minimum Gasteiger partial charge on any atom is -0.507 e. The van der Waals surface area contributed by atoms with Crippen molar-refractivity contribution in [3.63, 3.8) is 0 Å². The van der Waals surface area contributed by atoms with Crippen LogP contribution < -0.4 is 14.4 Å². The van der Waals surface area contributed by atoms with E-state index in [9.17, 15) is 14.7 Å². The van der Waals surface area contributed by atoms with Crippen LogP contribution in [0, 0.1) is 0 Å². The molecular weight excluding hydrogens is 466 g/mol. The van der Waals surface area contributed by atoms with Crippen LogP contribution in [0.2, 0.25) is 0 Å². The summed E-state index contributed by atoms with van der Waals surface area (Å²) >= 11 is 0. The Hall–Kier alpha value is -4.06. The van der Waals surface area contributed by atoms with Gasteiger partial charge in [-0.05, 0) is 66.8 Å². The van der Waals surface area contributed by atoms with Crippen LogP contribution in [-0.4, -0.2) is 30.0 Å². The lowest BCUT2D eigenvalue weighted by Crippen LogP contribution is -2.29. The standard InChI is InChI=1S/C31H33NO5/c1-6-36-24-17-15-23(16-18-24)32-27(20-11-13-22(14-12-20)31(3,4)5)26(29(34)30(32)35)28(33)21-9-8-10-25(19-21)37-7-2/h8-19,27,33H,6-7H2,1-5H3/b28-26-. The number of rotatable bonds is 7. The van der Waals surface area contributed by atoms with Crippen molar-refractivity contribution in [1.82, 2.24) is 0 Å². The Bertz CT molecular complexity index is 1320. The highest BCUT2D eigenvalue weighted by atomic mass is 16.5. The van der Waals surface area contributed by atoms with Crippen LogP contribution in [0.15, 0.2) is 78.4 Å². The van der Waals surface area contributed by atoms with E-state index in [4.69, 9.17) is 9.47 Å². The van der Waals surface area contributed by atoms with E-state index in [2.05, 4.69) is 20.8 Å². The molecule has 0 saturated carbocycles. The van der Waals surface area contributed by atoms with Crippen LogP contribution in [0.3, 0.4) is 0 Å². The Labute approximate surface area is 218 Å². The third kappa shape index (κ3) is 5.24. The lowest BCUT2D eigenvalue weighted by molar-refractivity contribution is -0.132. The molecule has 192 valence electrons. The molecule has 1 amide bonds. The predicted molar refractivity (Wildman–Crippen MR) is 145 cm³/mol. The molecule has 1 saturated heterocycles. The molecule has 1 aliphatic heterocycles. The minimum atomic E-state index is -0.803. The van der Waals surface area contributed by atoms with Crippen molar-refractivity contribution in [3.8, 4) is 11.5 Å². The van der Waals surface area contributed by atoms with E-state index in [1.807, 2.05) is 38.1 Å². The van der Waals surface area contributed by atoms with Gasteiger partial charge in [-0.3, -0.25) is 14.5 Å². The van der Waals surface area contributed by atoms with Gasteiger partial charge < -0.3 is 14.6 Å². The number of carbonyl (C=O) groups excluding carboxylic acids is 2. The molecule has 0 aliphatic carbocycles. The van der Waals surface area contributed by atoms with E-state index in [1.54, 1.807) is 48.5 Å². The van der Waals surface area contributed by atoms with Crippen molar-refractivity contribution in [3.05, 3.63) is 95.1 Å². The van der Waals surface area contributed by atoms with Crippen molar-refractivity contribution in [1.29, 1.82) is 0 Å². The summed E-state index contributed by atoms with van der Waals surface area (Å²) in [6.07, 6.45) is 0. The smallest absolute Gasteiger partial charge is 0.300 e. The molecule has 0 radical (unpaired) electrons. The van der Waals surface area contributed by atoms with Gasteiger partial charge in [0.1, 0.15) is 17.3 Å². The summed E-state index contributed by atoms with van der Waals surface area (Å²) in [6, 6.07) is 21.0. The van der Waals surface area contributed by atoms with E-state index >= 15 is 0 Å². The highest BCUT2D eigenvalue weighted by Gasteiger charge is 2.47. The van der Waals surface area contributed by atoms with Gasteiger partial charge in [-0.2, -0.15) is 0 Å². The average Bonchev–Trinajstić information content (AvgIpc) is 3.14. The van der Waals surface area contributed by atoms with Gasteiger partial charge >= 0.3 is 0 Å². The normalized spacial score (nSPS) is 17.2. The number of nitrogens with zero attached hydrogens (tertiary/aromatic N) is 1. The summed E-state index contributed by atoms with van der Waals surface area (Å²) in [7, 11) is 0. The summed E-state index contributed by atoms with van der Waals surface area (Å²) < 4.78 is 11.1. The lowest BCUT2D eigenvalue weighted by Gasteiger charge is -2.26. The number of ketones is 1. The Morgan fingerprint density at radius 3 is 2.08 bits per heavy atom. The Morgan fingerprint density at radius 2 is 1.49 bits per heavy atom.